The zero-order valence-corrected chi connectivity index (χ0v) is 13.3. The first-order valence-electron chi connectivity index (χ1n) is 7.14. The summed E-state index contributed by atoms with van der Waals surface area (Å²) < 4.78 is 44.1. The smallest absolute Gasteiger partial charge is 0.417 e. The molecule has 1 unspecified atom stereocenters. The van der Waals surface area contributed by atoms with E-state index in [9.17, 15) is 13.2 Å². The van der Waals surface area contributed by atoms with Crippen molar-refractivity contribution in [3.63, 3.8) is 0 Å². The molecule has 2 rings (SSSR count). The molecule has 0 saturated carbocycles. The standard InChI is InChI=1S/C17H17ClF3NO/c1-22-10-9-16(12-5-3-2-4-6-12)23-13-7-8-14(15(18)11-13)17(19,20)21/h2-8,11,16,22H,9-10H2,1H3. The molecule has 0 aromatic heterocycles. The van der Waals surface area contributed by atoms with Crippen molar-refractivity contribution in [3.05, 3.63) is 64.7 Å². The average Bonchev–Trinajstić information content (AvgIpc) is 2.51. The van der Waals surface area contributed by atoms with Crippen LogP contribution < -0.4 is 10.1 Å². The van der Waals surface area contributed by atoms with Crippen LogP contribution in [-0.2, 0) is 6.18 Å². The maximum absolute atomic E-state index is 12.7. The quantitative estimate of drug-likeness (QED) is 0.789. The van der Waals surface area contributed by atoms with Gasteiger partial charge in [-0.2, -0.15) is 13.2 Å². The SMILES string of the molecule is CNCCC(Oc1ccc(C(F)(F)F)c(Cl)c1)c1ccccc1. The fraction of sp³-hybridized carbons (Fsp3) is 0.294. The van der Waals surface area contributed by atoms with Gasteiger partial charge >= 0.3 is 6.18 Å². The Bertz CT molecular complexity index is 631. The Morgan fingerprint density at radius 3 is 2.39 bits per heavy atom. The van der Waals surface area contributed by atoms with E-state index < -0.39 is 11.7 Å². The summed E-state index contributed by atoms with van der Waals surface area (Å²) in [7, 11) is 1.83. The Morgan fingerprint density at radius 1 is 1.13 bits per heavy atom. The molecule has 0 aliphatic rings. The van der Waals surface area contributed by atoms with E-state index in [1.807, 2.05) is 37.4 Å². The van der Waals surface area contributed by atoms with Gasteiger partial charge in [0, 0.05) is 6.42 Å². The van der Waals surface area contributed by atoms with E-state index in [0.29, 0.717) is 18.7 Å². The van der Waals surface area contributed by atoms with Crippen molar-refractivity contribution < 1.29 is 17.9 Å². The molecule has 1 atom stereocenters. The van der Waals surface area contributed by atoms with Gasteiger partial charge in [0.1, 0.15) is 11.9 Å². The van der Waals surface area contributed by atoms with Gasteiger partial charge in [-0.3, -0.25) is 0 Å². The Morgan fingerprint density at radius 2 is 1.83 bits per heavy atom. The lowest BCUT2D eigenvalue weighted by atomic mass is 10.1. The van der Waals surface area contributed by atoms with Crippen LogP contribution in [0.1, 0.15) is 23.7 Å². The third kappa shape index (κ3) is 4.88. The predicted molar refractivity (Wildman–Crippen MR) is 84.8 cm³/mol. The van der Waals surface area contributed by atoms with Crippen LogP contribution in [0.4, 0.5) is 13.2 Å². The second-order valence-corrected chi connectivity index (χ2v) is 5.46. The molecule has 0 aliphatic heterocycles. The average molecular weight is 344 g/mol. The maximum atomic E-state index is 12.7. The summed E-state index contributed by atoms with van der Waals surface area (Å²) >= 11 is 5.74. The Hall–Kier alpha value is -1.72. The summed E-state index contributed by atoms with van der Waals surface area (Å²) in [6.07, 6.45) is -4.06. The van der Waals surface area contributed by atoms with E-state index >= 15 is 0 Å². The monoisotopic (exact) mass is 343 g/mol. The second-order valence-electron chi connectivity index (χ2n) is 5.05. The van der Waals surface area contributed by atoms with Crippen molar-refractivity contribution in [2.75, 3.05) is 13.6 Å². The molecule has 0 saturated heterocycles. The minimum Gasteiger partial charge on any atom is -0.486 e. The molecule has 2 nitrogen and oxygen atoms in total. The number of benzene rings is 2. The number of halogens is 4. The first-order chi connectivity index (χ1) is 10.9. The molecule has 0 bridgehead atoms. The molecular weight excluding hydrogens is 327 g/mol. The number of hydrogen-bond acceptors (Lipinski definition) is 2. The van der Waals surface area contributed by atoms with Gasteiger partial charge in [0.25, 0.3) is 0 Å². The molecule has 0 amide bonds. The van der Waals surface area contributed by atoms with Crippen molar-refractivity contribution >= 4 is 11.6 Å². The van der Waals surface area contributed by atoms with Gasteiger partial charge < -0.3 is 10.1 Å². The van der Waals surface area contributed by atoms with Crippen LogP contribution in [0.15, 0.2) is 48.5 Å². The van der Waals surface area contributed by atoms with Crippen LogP contribution in [0.25, 0.3) is 0 Å². The second kappa shape index (κ2) is 7.70. The molecular formula is C17H17ClF3NO. The molecule has 0 heterocycles. The summed E-state index contributed by atoms with van der Waals surface area (Å²) in [6.45, 7) is 0.716. The Balaban J connectivity index is 2.21. The highest BCUT2D eigenvalue weighted by Crippen LogP contribution is 2.37. The lowest BCUT2D eigenvalue weighted by Crippen LogP contribution is -2.16. The van der Waals surface area contributed by atoms with Crippen molar-refractivity contribution in [2.45, 2.75) is 18.7 Å². The topological polar surface area (TPSA) is 21.3 Å². The van der Waals surface area contributed by atoms with Crippen molar-refractivity contribution in [3.8, 4) is 5.75 Å². The fourth-order valence-electron chi connectivity index (χ4n) is 2.20. The fourth-order valence-corrected chi connectivity index (χ4v) is 2.48. The van der Waals surface area contributed by atoms with Gasteiger partial charge in [0.15, 0.2) is 0 Å². The maximum Gasteiger partial charge on any atom is 0.417 e. The minimum absolute atomic E-state index is 0.267. The molecule has 0 spiro atoms. The van der Waals surface area contributed by atoms with E-state index in [1.165, 1.54) is 12.1 Å². The summed E-state index contributed by atoms with van der Waals surface area (Å²) in [5.41, 5.74) is 0.0942. The van der Waals surface area contributed by atoms with Crippen molar-refractivity contribution in [1.29, 1.82) is 0 Å². The van der Waals surface area contributed by atoms with Crippen molar-refractivity contribution in [2.24, 2.45) is 0 Å². The summed E-state index contributed by atoms with van der Waals surface area (Å²) in [5, 5.41) is 2.67. The zero-order chi connectivity index (χ0) is 16.9. The highest BCUT2D eigenvalue weighted by molar-refractivity contribution is 6.31. The number of rotatable bonds is 6. The van der Waals surface area contributed by atoms with Gasteiger partial charge in [-0.15, -0.1) is 0 Å². The first-order valence-corrected chi connectivity index (χ1v) is 7.52. The van der Waals surface area contributed by atoms with E-state index in [2.05, 4.69) is 5.32 Å². The van der Waals surface area contributed by atoms with Crippen LogP contribution in [0.5, 0.6) is 5.75 Å². The van der Waals surface area contributed by atoms with Gasteiger partial charge in [0.05, 0.1) is 10.6 Å². The van der Waals surface area contributed by atoms with Crippen LogP contribution in [0, 0.1) is 0 Å². The molecule has 23 heavy (non-hydrogen) atoms. The Labute approximate surface area is 138 Å². The van der Waals surface area contributed by atoms with Crippen molar-refractivity contribution in [1.82, 2.24) is 5.32 Å². The largest absolute Gasteiger partial charge is 0.486 e. The van der Waals surface area contributed by atoms with Crippen LogP contribution >= 0.6 is 11.6 Å². The summed E-state index contributed by atoms with van der Waals surface area (Å²) in [5.74, 6) is 0.313. The van der Waals surface area contributed by atoms with E-state index in [1.54, 1.807) is 0 Å². The van der Waals surface area contributed by atoms with Crippen LogP contribution in [0.2, 0.25) is 5.02 Å². The number of ether oxygens (including phenoxy) is 1. The third-order valence-electron chi connectivity index (χ3n) is 3.35. The number of nitrogens with one attached hydrogen (secondary N) is 1. The number of alkyl halides is 3. The Kier molecular flexibility index (Phi) is 5.91. The van der Waals surface area contributed by atoms with Gasteiger partial charge in [-0.1, -0.05) is 41.9 Å². The van der Waals surface area contributed by atoms with Crippen LogP contribution in [0.3, 0.4) is 0 Å². The van der Waals surface area contributed by atoms with E-state index in [-0.39, 0.29) is 11.1 Å². The molecule has 6 heteroatoms. The lowest BCUT2D eigenvalue weighted by molar-refractivity contribution is -0.137. The molecule has 0 fully saturated rings. The lowest BCUT2D eigenvalue weighted by Gasteiger charge is -2.20. The predicted octanol–water partition coefficient (Wildman–Crippen LogP) is 5.09. The number of hydrogen-bond donors (Lipinski definition) is 1. The van der Waals surface area contributed by atoms with Gasteiger partial charge in [-0.05, 0) is 37.4 Å². The van der Waals surface area contributed by atoms with E-state index in [0.717, 1.165) is 11.6 Å². The van der Waals surface area contributed by atoms with Gasteiger partial charge in [0.2, 0.25) is 0 Å². The highest BCUT2D eigenvalue weighted by atomic mass is 35.5. The third-order valence-corrected chi connectivity index (χ3v) is 3.66. The minimum atomic E-state index is -4.47. The van der Waals surface area contributed by atoms with E-state index in [4.69, 9.17) is 16.3 Å². The zero-order valence-electron chi connectivity index (χ0n) is 12.5. The summed E-state index contributed by atoms with van der Waals surface area (Å²) in [4.78, 5) is 0. The summed E-state index contributed by atoms with van der Waals surface area (Å²) in [6, 6.07) is 13.0. The normalized spacial score (nSPS) is 12.9. The molecule has 1 N–H and O–H groups in total. The first kappa shape index (κ1) is 17.6. The molecule has 124 valence electrons. The molecule has 0 radical (unpaired) electrons. The molecule has 0 aliphatic carbocycles. The highest BCUT2D eigenvalue weighted by Gasteiger charge is 2.33. The molecule has 2 aromatic carbocycles. The van der Waals surface area contributed by atoms with Crippen LogP contribution in [-0.4, -0.2) is 13.6 Å². The molecule has 2 aromatic rings. The van der Waals surface area contributed by atoms with Gasteiger partial charge in [-0.25, -0.2) is 0 Å².